The van der Waals surface area contributed by atoms with Crippen LogP contribution in [-0.4, -0.2) is 76.1 Å². The fourth-order valence-electron chi connectivity index (χ4n) is 6.14. The summed E-state index contributed by atoms with van der Waals surface area (Å²) >= 11 is 6.25. The van der Waals surface area contributed by atoms with Gasteiger partial charge in [0.1, 0.15) is 18.1 Å². The lowest BCUT2D eigenvalue weighted by atomic mass is 10.0. The van der Waals surface area contributed by atoms with Gasteiger partial charge in [0.2, 0.25) is 11.8 Å². The molecule has 1 saturated heterocycles. The molecule has 0 bridgehead atoms. The van der Waals surface area contributed by atoms with Gasteiger partial charge >= 0.3 is 11.7 Å². The molecule has 5 rings (SSSR count). The van der Waals surface area contributed by atoms with Gasteiger partial charge in [-0.05, 0) is 56.0 Å². The number of carbonyl (C=O) groups is 3. The Hall–Kier alpha value is -4.65. The van der Waals surface area contributed by atoms with Crippen LogP contribution < -0.4 is 26.6 Å². The number of methoxy groups -OCH3 is 1. The molecule has 12 nitrogen and oxygen atoms in total. The Bertz CT molecular complexity index is 1830. The van der Waals surface area contributed by atoms with E-state index in [1.165, 1.54) is 18.3 Å². The summed E-state index contributed by atoms with van der Waals surface area (Å²) in [6.45, 7) is 5.89. The van der Waals surface area contributed by atoms with E-state index in [4.69, 9.17) is 16.3 Å². The van der Waals surface area contributed by atoms with Crippen molar-refractivity contribution in [2.24, 2.45) is 5.92 Å². The lowest BCUT2D eigenvalue weighted by Crippen LogP contribution is -2.51. The first-order chi connectivity index (χ1) is 22.9. The molecule has 1 unspecified atom stereocenters. The third kappa shape index (κ3) is 7.25. The smallest absolute Gasteiger partial charge is 0.331 e. The Morgan fingerprint density at radius 2 is 1.79 bits per heavy atom. The Balaban J connectivity index is 1.34. The third-order valence-electron chi connectivity index (χ3n) is 8.97. The van der Waals surface area contributed by atoms with Gasteiger partial charge in [0.25, 0.3) is 5.56 Å². The minimum Gasteiger partial charge on any atom is -0.497 e. The van der Waals surface area contributed by atoms with Gasteiger partial charge in [-0.3, -0.25) is 23.5 Å². The predicted octanol–water partition coefficient (Wildman–Crippen LogP) is 3.89. The summed E-state index contributed by atoms with van der Waals surface area (Å²) in [6, 6.07) is 8.51. The highest BCUT2D eigenvalue weighted by molar-refractivity contribution is 6.33. The monoisotopic (exact) mass is 682 g/mol. The molecule has 2 aliphatic heterocycles. The molecule has 1 aromatic heterocycles. The number of piperidine rings is 1. The number of nitrogens with one attached hydrogen (secondary N) is 2. The molecule has 1 atom stereocenters. The standard InChI is InChI=1S/C34H40ClFN6O6/c1-20(2)31(44)37-17-21(3)42-32(45)26(25-6-5-7-27(36)30(25)35)18-40(34(42)47)19-29(43)39-13-11-23(12-14-39)41-15-10-22-16-24(48-4)8-9-28(22)38-33(41)46/h5-9,16,18,20-21,23H,10-15,17,19H2,1-4H3,(H,37,44)(H,38,46). The topological polar surface area (TPSA) is 135 Å². The van der Waals surface area contributed by atoms with E-state index in [9.17, 15) is 28.4 Å². The molecule has 0 spiro atoms. The summed E-state index contributed by atoms with van der Waals surface area (Å²) in [5.41, 5.74) is 0.284. The highest BCUT2D eigenvalue weighted by Crippen LogP contribution is 2.29. The summed E-state index contributed by atoms with van der Waals surface area (Å²) in [4.78, 5) is 69.8. The fourth-order valence-corrected chi connectivity index (χ4v) is 6.37. The van der Waals surface area contributed by atoms with Crippen LogP contribution in [0.3, 0.4) is 0 Å². The van der Waals surface area contributed by atoms with E-state index in [0.717, 1.165) is 32.2 Å². The van der Waals surface area contributed by atoms with Crippen molar-refractivity contribution < 1.29 is 23.5 Å². The quantitative estimate of drug-likeness (QED) is 0.352. The maximum absolute atomic E-state index is 14.4. The largest absolute Gasteiger partial charge is 0.497 e. The zero-order valence-electron chi connectivity index (χ0n) is 27.4. The molecule has 2 aliphatic rings. The molecule has 2 N–H and O–H groups in total. The van der Waals surface area contributed by atoms with Crippen LogP contribution in [0, 0.1) is 11.7 Å². The number of aromatic nitrogens is 2. The van der Waals surface area contributed by atoms with Crippen LogP contribution in [0.2, 0.25) is 5.02 Å². The van der Waals surface area contributed by atoms with Crippen LogP contribution in [0.15, 0.2) is 52.2 Å². The zero-order chi connectivity index (χ0) is 34.7. The number of halogens is 2. The highest BCUT2D eigenvalue weighted by Gasteiger charge is 2.32. The summed E-state index contributed by atoms with van der Waals surface area (Å²) in [5, 5.41) is 5.43. The van der Waals surface area contributed by atoms with Crippen LogP contribution in [0.4, 0.5) is 14.9 Å². The number of hydrogen-bond acceptors (Lipinski definition) is 6. The number of fused-ring (bicyclic) bond motifs is 1. The van der Waals surface area contributed by atoms with E-state index in [1.807, 2.05) is 17.0 Å². The van der Waals surface area contributed by atoms with E-state index in [2.05, 4.69) is 10.6 Å². The van der Waals surface area contributed by atoms with E-state index in [1.54, 1.807) is 38.8 Å². The van der Waals surface area contributed by atoms with E-state index < -0.39 is 23.1 Å². The number of nitrogens with zero attached hydrogens (tertiary/aromatic N) is 4. The van der Waals surface area contributed by atoms with Crippen molar-refractivity contribution in [3.63, 3.8) is 0 Å². The van der Waals surface area contributed by atoms with Crippen molar-refractivity contribution in [1.82, 2.24) is 24.3 Å². The Labute approximate surface area is 282 Å². The van der Waals surface area contributed by atoms with E-state index >= 15 is 0 Å². The first-order valence-electron chi connectivity index (χ1n) is 16.0. The first-order valence-corrected chi connectivity index (χ1v) is 16.4. The van der Waals surface area contributed by atoms with Gasteiger partial charge in [0, 0.05) is 55.6 Å². The van der Waals surface area contributed by atoms with E-state index in [0.29, 0.717) is 38.9 Å². The molecule has 1 fully saturated rings. The number of likely N-dealkylation sites (tertiary alicyclic amines) is 1. The van der Waals surface area contributed by atoms with E-state index in [-0.39, 0.29) is 59.0 Å². The summed E-state index contributed by atoms with van der Waals surface area (Å²) in [5.74, 6) is -0.927. The summed E-state index contributed by atoms with van der Waals surface area (Å²) in [6.07, 6.45) is 2.98. The fraction of sp³-hybridized carbons (Fsp3) is 0.441. The van der Waals surface area contributed by atoms with Crippen LogP contribution in [-0.2, 0) is 22.6 Å². The van der Waals surface area contributed by atoms with Gasteiger partial charge in [-0.25, -0.2) is 14.0 Å². The maximum Gasteiger partial charge on any atom is 0.331 e. The Morgan fingerprint density at radius 1 is 1.06 bits per heavy atom. The lowest BCUT2D eigenvalue weighted by molar-refractivity contribution is -0.133. The SMILES string of the molecule is COc1ccc2c(c1)CCN(C1CCN(C(=O)Cn3cc(-c4cccc(F)c4Cl)c(=O)n(C(C)CNC(=O)C(C)C)c3=O)CC1)C(=O)N2. The molecular formula is C34H40ClFN6O6. The number of ether oxygens (including phenoxy) is 1. The Kier molecular flexibility index (Phi) is 10.6. The van der Waals surface area contributed by atoms with Gasteiger partial charge < -0.3 is 25.2 Å². The number of urea groups is 1. The molecule has 0 aliphatic carbocycles. The van der Waals surface area contributed by atoms with Gasteiger partial charge in [-0.2, -0.15) is 0 Å². The molecular weight excluding hydrogens is 643 g/mol. The number of carbonyl (C=O) groups excluding carboxylic acids is 3. The maximum atomic E-state index is 14.4. The molecule has 256 valence electrons. The van der Waals surface area contributed by atoms with Crippen LogP contribution in [0.1, 0.15) is 45.2 Å². The second-order valence-electron chi connectivity index (χ2n) is 12.5. The number of amides is 4. The van der Waals surface area contributed by atoms with Gasteiger partial charge in [-0.1, -0.05) is 37.6 Å². The molecule has 4 amide bonds. The number of anilines is 1. The van der Waals surface area contributed by atoms with Gasteiger partial charge in [0.05, 0.1) is 23.7 Å². The molecule has 2 aromatic carbocycles. The number of rotatable bonds is 9. The van der Waals surface area contributed by atoms with Crippen LogP contribution in [0.25, 0.3) is 11.1 Å². The molecule has 3 aromatic rings. The minimum absolute atomic E-state index is 0.0172. The highest BCUT2D eigenvalue weighted by atomic mass is 35.5. The average Bonchev–Trinajstić information content (AvgIpc) is 3.23. The minimum atomic E-state index is -0.788. The molecule has 3 heterocycles. The number of hydrogen-bond donors (Lipinski definition) is 2. The first kappa shape index (κ1) is 34.7. The number of benzene rings is 2. The van der Waals surface area contributed by atoms with Crippen LogP contribution in [0.5, 0.6) is 5.75 Å². The van der Waals surface area contributed by atoms with Crippen molar-refractivity contribution >= 4 is 35.1 Å². The van der Waals surface area contributed by atoms with Gasteiger partial charge in [-0.15, -0.1) is 0 Å². The van der Waals surface area contributed by atoms with Crippen molar-refractivity contribution in [1.29, 1.82) is 0 Å². The third-order valence-corrected chi connectivity index (χ3v) is 9.35. The van der Waals surface area contributed by atoms with Crippen molar-refractivity contribution in [3.8, 4) is 16.9 Å². The van der Waals surface area contributed by atoms with Gasteiger partial charge in [0.15, 0.2) is 0 Å². The predicted molar refractivity (Wildman–Crippen MR) is 180 cm³/mol. The second-order valence-corrected chi connectivity index (χ2v) is 12.9. The lowest BCUT2D eigenvalue weighted by Gasteiger charge is -2.38. The summed E-state index contributed by atoms with van der Waals surface area (Å²) in [7, 11) is 1.60. The normalized spacial score (nSPS) is 15.9. The van der Waals surface area contributed by atoms with Crippen LogP contribution >= 0.6 is 11.6 Å². The molecule has 14 heteroatoms. The zero-order valence-corrected chi connectivity index (χ0v) is 28.2. The Morgan fingerprint density at radius 3 is 2.48 bits per heavy atom. The molecule has 0 radical (unpaired) electrons. The molecule has 0 saturated carbocycles. The van der Waals surface area contributed by atoms with Crippen molar-refractivity contribution in [2.45, 2.75) is 58.7 Å². The average molecular weight is 683 g/mol. The van der Waals surface area contributed by atoms with Crippen molar-refractivity contribution in [2.75, 3.05) is 38.6 Å². The van der Waals surface area contributed by atoms with Crippen molar-refractivity contribution in [3.05, 3.63) is 79.8 Å². The summed E-state index contributed by atoms with van der Waals surface area (Å²) < 4.78 is 21.8. The molecule has 48 heavy (non-hydrogen) atoms. The second kappa shape index (κ2) is 14.6.